The molecule has 6 heteroatoms. The van der Waals surface area contributed by atoms with Gasteiger partial charge in [-0.05, 0) is 32.4 Å². The van der Waals surface area contributed by atoms with Crippen LogP contribution < -0.4 is 10.0 Å². The van der Waals surface area contributed by atoms with Gasteiger partial charge in [0.25, 0.3) is 0 Å². The van der Waals surface area contributed by atoms with E-state index < -0.39 is 10.0 Å². The molecule has 0 amide bonds. The molecule has 1 aromatic rings. The quantitative estimate of drug-likeness (QED) is 0.775. The van der Waals surface area contributed by atoms with Crippen LogP contribution in [0, 0.1) is 13.8 Å². The number of nitrogens with one attached hydrogen (secondary N) is 2. The number of hydrogen-bond donors (Lipinski definition) is 2. The number of aryl methyl sites for hydroxylation is 2. The summed E-state index contributed by atoms with van der Waals surface area (Å²) in [6.07, 6.45) is 1.17. The van der Waals surface area contributed by atoms with E-state index >= 15 is 0 Å². The van der Waals surface area contributed by atoms with E-state index in [1.54, 1.807) is 11.3 Å². The zero-order valence-corrected chi connectivity index (χ0v) is 12.3. The third-order valence-corrected chi connectivity index (χ3v) is 4.20. The van der Waals surface area contributed by atoms with Crippen LogP contribution in [0.5, 0.6) is 0 Å². The maximum Gasteiger partial charge on any atom is 0.208 e. The summed E-state index contributed by atoms with van der Waals surface area (Å²) in [6.45, 7) is 7.35. The summed E-state index contributed by atoms with van der Waals surface area (Å²) in [6, 6.07) is 2.43. The summed E-state index contributed by atoms with van der Waals surface area (Å²) in [7, 11) is -3.08. The molecule has 0 bridgehead atoms. The molecule has 1 unspecified atom stereocenters. The molecule has 0 radical (unpaired) electrons. The van der Waals surface area contributed by atoms with Gasteiger partial charge < -0.3 is 5.32 Å². The van der Waals surface area contributed by atoms with E-state index in [1.807, 2.05) is 0 Å². The summed E-state index contributed by atoms with van der Waals surface area (Å²) in [5.41, 5.74) is 1.30. The van der Waals surface area contributed by atoms with Crippen molar-refractivity contribution in [3.63, 3.8) is 0 Å². The molecule has 2 N–H and O–H groups in total. The molecule has 1 aromatic heterocycles. The fourth-order valence-corrected chi connectivity index (χ4v) is 3.21. The van der Waals surface area contributed by atoms with Gasteiger partial charge in [-0.3, -0.25) is 0 Å². The van der Waals surface area contributed by atoms with E-state index in [4.69, 9.17) is 0 Å². The Labute approximate surface area is 107 Å². The van der Waals surface area contributed by atoms with E-state index in [1.165, 1.54) is 21.6 Å². The Bertz CT molecular complexity index is 466. The van der Waals surface area contributed by atoms with E-state index in [-0.39, 0.29) is 6.04 Å². The maximum absolute atomic E-state index is 10.9. The van der Waals surface area contributed by atoms with Gasteiger partial charge in [0, 0.05) is 28.9 Å². The lowest BCUT2D eigenvalue weighted by molar-refractivity contribution is 0.556. The first-order valence-corrected chi connectivity index (χ1v) is 8.25. The number of rotatable bonds is 6. The third kappa shape index (κ3) is 5.16. The van der Waals surface area contributed by atoms with Crippen LogP contribution in [0.15, 0.2) is 6.07 Å². The Balaban J connectivity index is 2.40. The highest BCUT2D eigenvalue weighted by molar-refractivity contribution is 7.88. The molecule has 1 atom stereocenters. The smallest absolute Gasteiger partial charge is 0.208 e. The van der Waals surface area contributed by atoms with Crippen molar-refractivity contribution in [2.24, 2.45) is 0 Å². The van der Waals surface area contributed by atoms with Crippen molar-refractivity contribution in [3.05, 3.63) is 21.4 Å². The summed E-state index contributed by atoms with van der Waals surface area (Å²) in [5, 5.41) is 3.31. The molecule has 17 heavy (non-hydrogen) atoms. The zero-order valence-electron chi connectivity index (χ0n) is 10.7. The highest BCUT2D eigenvalue weighted by Crippen LogP contribution is 2.25. The van der Waals surface area contributed by atoms with Gasteiger partial charge in [-0.1, -0.05) is 0 Å². The molecule has 0 saturated heterocycles. The van der Waals surface area contributed by atoms with Gasteiger partial charge in [0.05, 0.1) is 6.26 Å². The Morgan fingerprint density at radius 1 is 1.35 bits per heavy atom. The first kappa shape index (κ1) is 14.6. The summed E-state index contributed by atoms with van der Waals surface area (Å²) in [4.78, 5) is 2.62. The van der Waals surface area contributed by atoms with Crippen molar-refractivity contribution >= 4 is 21.4 Å². The minimum absolute atomic E-state index is 0.251. The topological polar surface area (TPSA) is 58.2 Å². The fraction of sp³-hybridized carbons (Fsp3) is 0.636. The maximum atomic E-state index is 10.9. The van der Waals surface area contributed by atoms with E-state index in [2.05, 4.69) is 36.9 Å². The monoisotopic (exact) mass is 276 g/mol. The molecule has 1 rings (SSSR count). The normalized spacial score (nSPS) is 13.9. The number of sulfonamides is 1. The van der Waals surface area contributed by atoms with Gasteiger partial charge in [-0.15, -0.1) is 11.3 Å². The van der Waals surface area contributed by atoms with Gasteiger partial charge in [0.2, 0.25) is 10.0 Å². The van der Waals surface area contributed by atoms with Gasteiger partial charge in [0.1, 0.15) is 0 Å². The first-order chi connectivity index (χ1) is 7.79. The summed E-state index contributed by atoms with van der Waals surface area (Å²) >= 11 is 1.79. The molecule has 0 aliphatic heterocycles. The lowest BCUT2D eigenvalue weighted by atomic mass is 10.1. The summed E-state index contributed by atoms with van der Waals surface area (Å²) < 4.78 is 24.2. The Morgan fingerprint density at radius 2 is 2.00 bits per heavy atom. The second-order valence-electron chi connectivity index (χ2n) is 4.21. The van der Waals surface area contributed by atoms with Crippen LogP contribution in [0.2, 0.25) is 0 Å². The van der Waals surface area contributed by atoms with Crippen LogP contribution in [0.25, 0.3) is 0 Å². The van der Waals surface area contributed by atoms with E-state index in [0.717, 1.165) is 0 Å². The highest BCUT2D eigenvalue weighted by atomic mass is 32.2. The van der Waals surface area contributed by atoms with Gasteiger partial charge in [-0.2, -0.15) is 0 Å². The van der Waals surface area contributed by atoms with Gasteiger partial charge in [-0.25, -0.2) is 13.1 Å². The molecule has 98 valence electrons. The molecule has 0 aliphatic rings. The Morgan fingerprint density at radius 3 is 2.47 bits per heavy atom. The lowest BCUT2D eigenvalue weighted by Crippen LogP contribution is -2.32. The molecule has 0 aromatic carbocycles. The standard InChI is InChI=1S/C11H20N2O2S2/c1-8-7-11(10(3)16-8)9(2)12-5-6-13-17(4,14)15/h7,9,12-13H,5-6H2,1-4H3. The molecular formula is C11H20N2O2S2. The van der Waals surface area contributed by atoms with Crippen LogP contribution in [0.4, 0.5) is 0 Å². The van der Waals surface area contributed by atoms with Crippen LogP contribution in [0.1, 0.15) is 28.3 Å². The largest absolute Gasteiger partial charge is 0.309 e. The van der Waals surface area contributed by atoms with Crippen molar-refractivity contribution in [2.75, 3.05) is 19.3 Å². The van der Waals surface area contributed by atoms with Crippen LogP contribution >= 0.6 is 11.3 Å². The van der Waals surface area contributed by atoms with Crippen molar-refractivity contribution < 1.29 is 8.42 Å². The first-order valence-electron chi connectivity index (χ1n) is 5.54. The average molecular weight is 276 g/mol. The van der Waals surface area contributed by atoms with Gasteiger partial charge in [0.15, 0.2) is 0 Å². The fourth-order valence-electron chi connectivity index (χ4n) is 1.72. The predicted molar refractivity (Wildman–Crippen MR) is 73.1 cm³/mol. The average Bonchev–Trinajstić information content (AvgIpc) is 2.51. The second-order valence-corrected chi connectivity index (χ2v) is 7.50. The van der Waals surface area contributed by atoms with Crippen molar-refractivity contribution in [1.82, 2.24) is 10.0 Å². The molecule has 0 spiro atoms. The van der Waals surface area contributed by atoms with Crippen molar-refractivity contribution in [3.8, 4) is 0 Å². The minimum atomic E-state index is -3.08. The van der Waals surface area contributed by atoms with E-state index in [0.29, 0.717) is 13.1 Å². The van der Waals surface area contributed by atoms with Crippen LogP contribution in [-0.2, 0) is 10.0 Å². The molecule has 0 fully saturated rings. The molecule has 0 saturated carbocycles. The Kier molecular flexibility index (Phi) is 5.12. The second kappa shape index (κ2) is 5.95. The zero-order chi connectivity index (χ0) is 13.1. The number of thiophene rings is 1. The summed E-state index contributed by atoms with van der Waals surface area (Å²) in [5.74, 6) is 0. The van der Waals surface area contributed by atoms with Crippen LogP contribution in [0.3, 0.4) is 0 Å². The SMILES string of the molecule is Cc1cc(C(C)NCCNS(C)(=O)=O)c(C)s1. The Hall–Kier alpha value is -0.430. The lowest BCUT2D eigenvalue weighted by Gasteiger charge is -2.13. The molecule has 0 aliphatic carbocycles. The van der Waals surface area contributed by atoms with Gasteiger partial charge >= 0.3 is 0 Å². The molecular weight excluding hydrogens is 256 g/mol. The third-order valence-electron chi connectivity index (χ3n) is 2.49. The highest BCUT2D eigenvalue weighted by Gasteiger charge is 2.10. The molecule has 1 heterocycles. The van der Waals surface area contributed by atoms with Crippen molar-refractivity contribution in [1.29, 1.82) is 0 Å². The van der Waals surface area contributed by atoms with Crippen molar-refractivity contribution in [2.45, 2.75) is 26.8 Å². The van der Waals surface area contributed by atoms with E-state index in [9.17, 15) is 8.42 Å². The van der Waals surface area contributed by atoms with Crippen LogP contribution in [-0.4, -0.2) is 27.8 Å². The predicted octanol–water partition coefficient (Wildman–Crippen LogP) is 1.56. The number of hydrogen-bond acceptors (Lipinski definition) is 4. The minimum Gasteiger partial charge on any atom is -0.309 e. The molecule has 4 nitrogen and oxygen atoms in total.